The lowest BCUT2D eigenvalue weighted by Crippen LogP contribution is -2.38. The smallest absolute Gasteiger partial charge is 0.132 e. The number of pyridine rings is 2. The number of thiophene rings is 1. The van der Waals surface area contributed by atoms with Crippen LogP contribution in [0.4, 0.5) is 11.4 Å². The summed E-state index contributed by atoms with van der Waals surface area (Å²) in [5.41, 5.74) is 5.35. The Hall–Kier alpha value is -2.66. The standard InChI is InChI=1S/C19H18N4S/c1-3-15-6-7-16(12-21-15)23-17-8-10-24-18(17)13(2)22-19(23)14-5-4-9-20-11-14/h4-12,19,22H,2-3H2,1H3. The Morgan fingerprint density at radius 3 is 2.88 bits per heavy atom. The maximum absolute atomic E-state index is 4.57. The minimum Gasteiger partial charge on any atom is -0.360 e. The summed E-state index contributed by atoms with van der Waals surface area (Å²) in [6.45, 7) is 6.31. The summed E-state index contributed by atoms with van der Waals surface area (Å²) in [4.78, 5) is 12.3. The van der Waals surface area contributed by atoms with E-state index in [2.05, 4.69) is 63.3 Å². The van der Waals surface area contributed by atoms with Gasteiger partial charge in [-0.1, -0.05) is 19.6 Å². The fourth-order valence-electron chi connectivity index (χ4n) is 2.98. The minimum absolute atomic E-state index is 0.0532. The van der Waals surface area contributed by atoms with E-state index in [1.807, 2.05) is 18.5 Å². The van der Waals surface area contributed by atoms with E-state index in [4.69, 9.17) is 0 Å². The lowest BCUT2D eigenvalue weighted by Gasteiger charge is -2.39. The number of fused-ring (bicyclic) bond motifs is 1. The van der Waals surface area contributed by atoms with Gasteiger partial charge in [-0.3, -0.25) is 9.97 Å². The maximum atomic E-state index is 4.57. The van der Waals surface area contributed by atoms with Gasteiger partial charge in [-0.25, -0.2) is 0 Å². The second kappa shape index (κ2) is 6.09. The van der Waals surface area contributed by atoms with Gasteiger partial charge in [0.2, 0.25) is 0 Å². The van der Waals surface area contributed by atoms with Crippen LogP contribution in [0.15, 0.2) is 60.9 Å². The topological polar surface area (TPSA) is 41.1 Å². The van der Waals surface area contributed by atoms with Gasteiger partial charge < -0.3 is 10.2 Å². The van der Waals surface area contributed by atoms with Gasteiger partial charge in [0.05, 0.1) is 22.4 Å². The molecule has 0 saturated carbocycles. The molecule has 0 fully saturated rings. The SMILES string of the molecule is C=C1NC(c2cccnc2)N(c2ccc(CC)nc2)c2ccsc21. The van der Waals surface area contributed by atoms with Crippen LogP contribution < -0.4 is 10.2 Å². The molecule has 1 N–H and O–H groups in total. The van der Waals surface area contributed by atoms with Gasteiger partial charge >= 0.3 is 0 Å². The third kappa shape index (κ3) is 2.47. The van der Waals surface area contributed by atoms with Crippen LogP contribution in [0, 0.1) is 0 Å². The number of hydrogen-bond acceptors (Lipinski definition) is 5. The predicted octanol–water partition coefficient (Wildman–Crippen LogP) is 4.51. The Balaban J connectivity index is 1.84. The molecule has 0 aromatic carbocycles. The molecule has 24 heavy (non-hydrogen) atoms. The molecule has 1 atom stereocenters. The largest absolute Gasteiger partial charge is 0.360 e. The van der Waals surface area contributed by atoms with Gasteiger partial charge in [0.15, 0.2) is 0 Å². The van der Waals surface area contributed by atoms with E-state index < -0.39 is 0 Å². The zero-order chi connectivity index (χ0) is 16.5. The van der Waals surface area contributed by atoms with Crippen molar-refractivity contribution in [3.63, 3.8) is 0 Å². The van der Waals surface area contributed by atoms with Crippen molar-refractivity contribution in [2.45, 2.75) is 19.5 Å². The summed E-state index contributed by atoms with van der Waals surface area (Å²) >= 11 is 1.70. The van der Waals surface area contributed by atoms with Crippen molar-refractivity contribution in [3.05, 3.63) is 77.0 Å². The molecule has 0 radical (unpaired) electrons. The maximum Gasteiger partial charge on any atom is 0.132 e. The van der Waals surface area contributed by atoms with E-state index in [0.29, 0.717) is 0 Å². The first-order valence-corrected chi connectivity index (χ1v) is 8.83. The Kier molecular flexibility index (Phi) is 3.78. The highest BCUT2D eigenvalue weighted by Crippen LogP contribution is 2.44. The van der Waals surface area contributed by atoms with E-state index in [-0.39, 0.29) is 6.17 Å². The highest BCUT2D eigenvalue weighted by Gasteiger charge is 2.31. The number of rotatable bonds is 3. The van der Waals surface area contributed by atoms with E-state index in [0.717, 1.165) is 39.6 Å². The van der Waals surface area contributed by atoms with Crippen molar-refractivity contribution in [2.75, 3.05) is 4.90 Å². The van der Waals surface area contributed by atoms with Crippen molar-refractivity contribution in [3.8, 4) is 0 Å². The number of hydrogen-bond donors (Lipinski definition) is 1. The summed E-state index contributed by atoms with van der Waals surface area (Å²) in [6, 6.07) is 10.4. The zero-order valence-electron chi connectivity index (χ0n) is 13.4. The van der Waals surface area contributed by atoms with Gasteiger partial charge in [-0.05, 0) is 36.1 Å². The van der Waals surface area contributed by atoms with E-state index >= 15 is 0 Å². The number of nitrogens with one attached hydrogen (secondary N) is 1. The minimum atomic E-state index is -0.0532. The van der Waals surface area contributed by atoms with Crippen LogP contribution in [0.25, 0.3) is 5.70 Å². The zero-order valence-corrected chi connectivity index (χ0v) is 14.3. The quantitative estimate of drug-likeness (QED) is 0.765. The molecule has 120 valence electrons. The predicted molar refractivity (Wildman–Crippen MR) is 99.2 cm³/mol. The summed E-state index contributed by atoms with van der Waals surface area (Å²) in [5, 5.41) is 5.63. The second-order valence-electron chi connectivity index (χ2n) is 5.68. The molecule has 1 unspecified atom stereocenters. The van der Waals surface area contributed by atoms with Crippen LogP contribution in [0.3, 0.4) is 0 Å². The van der Waals surface area contributed by atoms with E-state index in [1.54, 1.807) is 17.5 Å². The average molecular weight is 334 g/mol. The van der Waals surface area contributed by atoms with Gasteiger partial charge in [0, 0.05) is 29.3 Å². The van der Waals surface area contributed by atoms with Crippen LogP contribution in [-0.2, 0) is 6.42 Å². The lowest BCUT2D eigenvalue weighted by molar-refractivity contribution is 0.628. The first-order valence-electron chi connectivity index (χ1n) is 7.95. The molecule has 1 aliphatic heterocycles. The third-order valence-electron chi connectivity index (χ3n) is 4.20. The van der Waals surface area contributed by atoms with Crippen LogP contribution >= 0.6 is 11.3 Å². The summed E-state index contributed by atoms with van der Waals surface area (Å²) in [7, 11) is 0. The van der Waals surface area contributed by atoms with E-state index in [1.165, 1.54) is 0 Å². The second-order valence-corrected chi connectivity index (χ2v) is 6.59. The lowest BCUT2D eigenvalue weighted by atomic mass is 10.1. The summed E-state index contributed by atoms with van der Waals surface area (Å²) in [5.74, 6) is 0. The fraction of sp³-hybridized carbons (Fsp3) is 0.158. The van der Waals surface area contributed by atoms with Crippen molar-refractivity contribution < 1.29 is 0 Å². The Morgan fingerprint density at radius 1 is 1.25 bits per heavy atom. The summed E-state index contributed by atoms with van der Waals surface area (Å²) < 4.78 is 0. The van der Waals surface area contributed by atoms with Crippen LogP contribution in [0.2, 0.25) is 0 Å². The van der Waals surface area contributed by atoms with Crippen LogP contribution in [-0.4, -0.2) is 9.97 Å². The van der Waals surface area contributed by atoms with Crippen molar-refractivity contribution in [1.29, 1.82) is 0 Å². The monoisotopic (exact) mass is 334 g/mol. The molecule has 4 nitrogen and oxygen atoms in total. The molecular weight excluding hydrogens is 316 g/mol. The highest BCUT2D eigenvalue weighted by atomic mass is 32.1. The van der Waals surface area contributed by atoms with Gasteiger partial charge in [-0.15, -0.1) is 11.3 Å². The van der Waals surface area contributed by atoms with Gasteiger partial charge in [0.25, 0.3) is 0 Å². The van der Waals surface area contributed by atoms with Gasteiger partial charge in [-0.2, -0.15) is 0 Å². The Bertz CT molecular complexity index is 855. The third-order valence-corrected chi connectivity index (χ3v) is 5.16. The molecule has 0 aliphatic carbocycles. The number of aromatic nitrogens is 2. The fourth-order valence-corrected chi connectivity index (χ4v) is 3.80. The Morgan fingerprint density at radius 2 is 2.17 bits per heavy atom. The molecule has 5 heteroatoms. The van der Waals surface area contributed by atoms with Crippen LogP contribution in [0.1, 0.15) is 29.2 Å². The molecule has 0 bridgehead atoms. The molecule has 4 heterocycles. The van der Waals surface area contributed by atoms with E-state index in [9.17, 15) is 0 Å². The Labute approximate surface area is 145 Å². The molecule has 3 aromatic heterocycles. The number of nitrogens with zero attached hydrogens (tertiary/aromatic N) is 3. The number of aryl methyl sites for hydroxylation is 1. The number of anilines is 2. The summed E-state index contributed by atoms with van der Waals surface area (Å²) in [6.07, 6.45) is 6.51. The first kappa shape index (κ1) is 14.9. The molecule has 3 aromatic rings. The molecule has 1 aliphatic rings. The molecule has 4 rings (SSSR count). The molecule has 0 saturated heterocycles. The van der Waals surface area contributed by atoms with Gasteiger partial charge in [0.1, 0.15) is 6.17 Å². The van der Waals surface area contributed by atoms with Crippen LogP contribution in [0.5, 0.6) is 0 Å². The molecular formula is C19H18N4S. The first-order chi connectivity index (χ1) is 11.8. The highest BCUT2D eigenvalue weighted by molar-refractivity contribution is 7.11. The van der Waals surface area contributed by atoms with Crippen molar-refractivity contribution >= 4 is 28.4 Å². The molecule has 0 spiro atoms. The molecule has 0 amide bonds. The normalized spacial score (nSPS) is 16.6. The van der Waals surface area contributed by atoms with Crippen molar-refractivity contribution in [1.82, 2.24) is 15.3 Å². The average Bonchev–Trinajstić information content (AvgIpc) is 3.13. The van der Waals surface area contributed by atoms with Crippen molar-refractivity contribution in [2.24, 2.45) is 0 Å².